The fourth-order valence-electron chi connectivity index (χ4n) is 4.02. The molecule has 204 valence electrons. The van der Waals surface area contributed by atoms with Gasteiger partial charge in [-0.15, -0.1) is 0 Å². The third-order valence-electron chi connectivity index (χ3n) is 6.01. The van der Waals surface area contributed by atoms with Crippen molar-refractivity contribution in [3.63, 3.8) is 0 Å². The van der Waals surface area contributed by atoms with Gasteiger partial charge in [0, 0.05) is 17.1 Å². The molecule has 0 aliphatic carbocycles. The summed E-state index contributed by atoms with van der Waals surface area (Å²) in [6.45, 7) is 0.164. The van der Waals surface area contributed by atoms with E-state index in [1.54, 1.807) is 48.5 Å². The molecule has 0 unspecified atom stereocenters. The summed E-state index contributed by atoms with van der Waals surface area (Å²) in [6.07, 6.45) is -1.52. The molecule has 0 N–H and O–H groups in total. The predicted molar refractivity (Wildman–Crippen MR) is 156 cm³/mol. The molecule has 0 aromatic heterocycles. The zero-order chi connectivity index (χ0) is 28.3. The molecule has 0 saturated carbocycles. The molecule has 5 aromatic rings. The minimum absolute atomic E-state index is 0.0820. The molecule has 0 amide bonds. The van der Waals surface area contributed by atoms with Gasteiger partial charge in [0.2, 0.25) is 0 Å². The lowest BCUT2D eigenvalue weighted by atomic mass is 10.1. The van der Waals surface area contributed by atoms with Crippen LogP contribution in [0.25, 0.3) is 0 Å². The fraction of sp³-hybridized carbons (Fsp3) is 0.0588. The zero-order valence-corrected chi connectivity index (χ0v) is 22.1. The van der Waals surface area contributed by atoms with E-state index >= 15 is 0 Å². The topological polar surface area (TPSA) is 74.3 Å². The number of carbonyl (C=O) groups is 2. The lowest BCUT2D eigenvalue weighted by Crippen LogP contribution is -2.12. The van der Waals surface area contributed by atoms with Crippen molar-refractivity contribution in [3.05, 3.63) is 151 Å². The Hall–Kier alpha value is -5.56. The van der Waals surface area contributed by atoms with E-state index in [4.69, 9.17) is 18.9 Å². The molecule has 7 heteroatoms. The predicted octanol–water partition coefficient (Wildman–Crippen LogP) is 8.59. The highest BCUT2D eigenvalue weighted by Crippen LogP contribution is 2.34. The molecule has 41 heavy (non-hydrogen) atoms. The standard InChI is InChI=1S/C34H27NO6/c36-33(40-31-12-6-2-7-13-31)38-24-26-16-20-29(21-17-26)35(28-10-4-1-5-11-28)30-22-18-27(19-23-30)25-39-34(37)41-32-14-8-3-9-15-32/h1-23H,24-25H2. The Morgan fingerprint density at radius 2 is 0.780 bits per heavy atom. The van der Waals surface area contributed by atoms with E-state index in [9.17, 15) is 9.59 Å². The van der Waals surface area contributed by atoms with Crippen LogP contribution in [0, 0.1) is 0 Å². The van der Waals surface area contributed by atoms with Gasteiger partial charge in [-0.25, -0.2) is 9.59 Å². The van der Waals surface area contributed by atoms with Crippen molar-refractivity contribution >= 4 is 29.4 Å². The van der Waals surface area contributed by atoms with Crippen LogP contribution in [0.15, 0.2) is 140 Å². The molecule has 0 bridgehead atoms. The van der Waals surface area contributed by atoms with Crippen molar-refractivity contribution < 1.29 is 28.5 Å². The average molecular weight is 546 g/mol. The Balaban J connectivity index is 1.23. The molecule has 0 atom stereocenters. The third kappa shape index (κ3) is 7.74. The fourth-order valence-corrected chi connectivity index (χ4v) is 4.02. The van der Waals surface area contributed by atoms with Gasteiger partial charge in [-0.1, -0.05) is 78.9 Å². The van der Waals surface area contributed by atoms with Crippen molar-refractivity contribution in [1.82, 2.24) is 0 Å². The minimum Gasteiger partial charge on any atom is -0.429 e. The van der Waals surface area contributed by atoms with Crippen LogP contribution in [-0.2, 0) is 22.7 Å². The number of rotatable bonds is 9. The Morgan fingerprint density at radius 1 is 0.439 bits per heavy atom. The second-order valence-electron chi connectivity index (χ2n) is 8.91. The van der Waals surface area contributed by atoms with Crippen LogP contribution < -0.4 is 14.4 Å². The van der Waals surface area contributed by atoms with Gasteiger partial charge in [-0.05, 0) is 71.8 Å². The van der Waals surface area contributed by atoms with Crippen LogP contribution in [-0.4, -0.2) is 12.3 Å². The number of benzene rings is 5. The largest absolute Gasteiger partial charge is 0.514 e. The highest BCUT2D eigenvalue weighted by atomic mass is 16.7. The average Bonchev–Trinajstić information content (AvgIpc) is 3.02. The van der Waals surface area contributed by atoms with Crippen LogP contribution in [0.4, 0.5) is 26.7 Å². The van der Waals surface area contributed by atoms with Crippen LogP contribution in [0.5, 0.6) is 11.5 Å². The van der Waals surface area contributed by atoms with Crippen molar-refractivity contribution in [1.29, 1.82) is 0 Å². The molecule has 0 aliphatic rings. The van der Waals surface area contributed by atoms with Crippen molar-refractivity contribution in [2.45, 2.75) is 13.2 Å². The van der Waals surface area contributed by atoms with E-state index in [0.717, 1.165) is 28.2 Å². The maximum Gasteiger partial charge on any atom is 0.514 e. The third-order valence-corrected chi connectivity index (χ3v) is 6.01. The Bertz CT molecular complexity index is 1440. The summed E-state index contributed by atoms with van der Waals surface area (Å²) in [5.74, 6) is 0.854. The smallest absolute Gasteiger partial charge is 0.429 e. The minimum atomic E-state index is -0.761. The summed E-state index contributed by atoms with van der Waals surface area (Å²) in [5.41, 5.74) is 4.45. The summed E-state index contributed by atoms with van der Waals surface area (Å²) < 4.78 is 20.9. The van der Waals surface area contributed by atoms with Gasteiger partial charge in [-0.3, -0.25) is 0 Å². The van der Waals surface area contributed by atoms with Gasteiger partial charge in [0.15, 0.2) is 0 Å². The maximum atomic E-state index is 12.0. The SMILES string of the molecule is O=C(OCc1ccc(N(c2ccccc2)c2ccc(COC(=O)Oc3ccccc3)cc2)cc1)Oc1ccccc1. The van der Waals surface area contributed by atoms with E-state index in [0.29, 0.717) is 11.5 Å². The normalized spacial score (nSPS) is 10.3. The lowest BCUT2D eigenvalue weighted by molar-refractivity contribution is 0.0918. The van der Waals surface area contributed by atoms with Crippen LogP contribution in [0.2, 0.25) is 0 Å². The summed E-state index contributed by atoms with van der Waals surface area (Å²) in [6, 6.07) is 43.0. The van der Waals surface area contributed by atoms with Crippen molar-refractivity contribution in [2.24, 2.45) is 0 Å². The molecule has 0 saturated heterocycles. The molecule has 0 aliphatic heterocycles. The first-order chi connectivity index (χ1) is 20.1. The number of para-hydroxylation sites is 3. The molecule has 0 spiro atoms. The Labute approximate surface area is 238 Å². The molecule has 7 nitrogen and oxygen atoms in total. The molecule has 5 aromatic carbocycles. The molecule has 0 fully saturated rings. The number of nitrogens with zero attached hydrogens (tertiary/aromatic N) is 1. The first-order valence-electron chi connectivity index (χ1n) is 13.0. The number of anilines is 3. The molecule has 0 heterocycles. The van der Waals surface area contributed by atoms with Gasteiger partial charge in [-0.2, -0.15) is 0 Å². The first kappa shape index (κ1) is 27.0. The van der Waals surface area contributed by atoms with E-state index in [2.05, 4.69) is 4.90 Å². The second-order valence-corrected chi connectivity index (χ2v) is 8.91. The summed E-state index contributed by atoms with van der Waals surface area (Å²) in [4.78, 5) is 26.2. The highest BCUT2D eigenvalue weighted by molar-refractivity contribution is 5.76. The van der Waals surface area contributed by atoms with Gasteiger partial charge in [0.25, 0.3) is 0 Å². The maximum absolute atomic E-state index is 12.0. The van der Waals surface area contributed by atoms with Crippen LogP contribution >= 0.6 is 0 Å². The number of carbonyl (C=O) groups excluding carboxylic acids is 2. The zero-order valence-electron chi connectivity index (χ0n) is 22.1. The van der Waals surface area contributed by atoms with Crippen molar-refractivity contribution in [2.75, 3.05) is 4.90 Å². The number of hydrogen-bond donors (Lipinski definition) is 0. The quantitative estimate of drug-likeness (QED) is 0.136. The van der Waals surface area contributed by atoms with Crippen LogP contribution in [0.3, 0.4) is 0 Å². The molecular formula is C34H27NO6. The van der Waals surface area contributed by atoms with Gasteiger partial charge in [0.05, 0.1) is 0 Å². The first-order valence-corrected chi connectivity index (χ1v) is 13.0. The molecular weight excluding hydrogens is 518 g/mol. The number of ether oxygens (including phenoxy) is 4. The van der Waals surface area contributed by atoms with Gasteiger partial charge in [0.1, 0.15) is 24.7 Å². The van der Waals surface area contributed by atoms with E-state index in [1.165, 1.54) is 0 Å². The van der Waals surface area contributed by atoms with Gasteiger partial charge >= 0.3 is 12.3 Å². The molecule has 0 radical (unpaired) electrons. The van der Waals surface area contributed by atoms with E-state index in [1.807, 2.05) is 91.0 Å². The van der Waals surface area contributed by atoms with E-state index in [-0.39, 0.29) is 13.2 Å². The lowest BCUT2D eigenvalue weighted by Gasteiger charge is -2.25. The van der Waals surface area contributed by atoms with Gasteiger partial charge < -0.3 is 23.8 Å². The van der Waals surface area contributed by atoms with E-state index < -0.39 is 12.3 Å². The van der Waals surface area contributed by atoms with Crippen molar-refractivity contribution in [3.8, 4) is 11.5 Å². The second kappa shape index (κ2) is 13.5. The monoisotopic (exact) mass is 545 g/mol. The number of hydrogen-bond acceptors (Lipinski definition) is 7. The summed E-state index contributed by atoms with van der Waals surface area (Å²) in [7, 11) is 0. The highest BCUT2D eigenvalue weighted by Gasteiger charge is 2.14. The van der Waals surface area contributed by atoms with Crippen LogP contribution in [0.1, 0.15) is 11.1 Å². The summed E-state index contributed by atoms with van der Waals surface area (Å²) in [5, 5.41) is 0. The Morgan fingerprint density at radius 3 is 1.17 bits per heavy atom. The Kier molecular flexibility index (Phi) is 8.89. The molecule has 5 rings (SSSR count). The summed E-state index contributed by atoms with van der Waals surface area (Å²) >= 11 is 0.